The molecular weight excluding hydrogens is 589 g/mol. The fraction of sp³-hybridized carbons (Fsp3) is 0.143. The van der Waals surface area contributed by atoms with Crippen molar-refractivity contribution < 1.29 is 0 Å². The normalized spacial score (nSPS) is 14.4. The van der Waals surface area contributed by atoms with Gasteiger partial charge in [0.2, 0.25) is 0 Å². The van der Waals surface area contributed by atoms with Crippen molar-refractivity contribution in [3.05, 3.63) is 215 Å². The molecule has 0 bridgehead atoms. The van der Waals surface area contributed by atoms with E-state index < -0.39 is 0 Å². The summed E-state index contributed by atoms with van der Waals surface area (Å²) in [6.45, 7) is 0. The Labute approximate surface area is 285 Å². The first-order chi connectivity index (χ1) is 23.4. The van der Waals surface area contributed by atoms with Crippen molar-refractivity contribution in [2.24, 2.45) is 34.4 Å². The van der Waals surface area contributed by atoms with Gasteiger partial charge in [0, 0.05) is 36.3 Å². The Morgan fingerprint density at radius 1 is 0.188 bits per heavy atom. The number of rotatable bonds is 9. The lowest BCUT2D eigenvalue weighted by Gasteiger charge is -2.20. The van der Waals surface area contributed by atoms with E-state index in [1.54, 1.807) is 0 Å². The topological polar surface area (TPSA) is 156 Å². The van der Waals surface area contributed by atoms with Crippen LogP contribution in [0.25, 0.3) is 0 Å². The van der Waals surface area contributed by atoms with Crippen LogP contribution in [0, 0.1) is 0 Å². The second-order valence-corrected chi connectivity index (χ2v) is 11.6. The minimum absolute atomic E-state index is 0.163. The number of nitrogens with two attached hydrogens (primary N) is 6. The van der Waals surface area contributed by atoms with Gasteiger partial charge in [0.15, 0.2) is 0 Å². The zero-order valence-corrected chi connectivity index (χ0v) is 27.2. The van der Waals surface area contributed by atoms with E-state index in [1.807, 2.05) is 182 Å². The van der Waals surface area contributed by atoms with Gasteiger partial charge in [-0.05, 0) is 33.4 Å². The summed E-state index contributed by atoms with van der Waals surface area (Å²) in [6.07, 6.45) is 0. The molecule has 0 amide bonds. The fourth-order valence-electron chi connectivity index (χ4n) is 5.30. The van der Waals surface area contributed by atoms with Gasteiger partial charge in [0.1, 0.15) is 0 Å². The Balaban J connectivity index is 0.000000163. The van der Waals surface area contributed by atoms with Crippen molar-refractivity contribution in [3.63, 3.8) is 0 Å². The molecule has 0 fully saturated rings. The lowest BCUT2D eigenvalue weighted by Crippen LogP contribution is -2.26. The smallest absolute Gasteiger partial charge is 0.0491 e. The second kappa shape index (κ2) is 19.0. The van der Waals surface area contributed by atoms with Crippen molar-refractivity contribution in [2.45, 2.75) is 36.3 Å². The van der Waals surface area contributed by atoms with E-state index in [4.69, 9.17) is 34.4 Å². The highest BCUT2D eigenvalue weighted by molar-refractivity contribution is 5.29. The van der Waals surface area contributed by atoms with E-state index >= 15 is 0 Å². The number of benzene rings is 6. The van der Waals surface area contributed by atoms with Crippen LogP contribution in [0.1, 0.15) is 69.6 Å². The molecule has 48 heavy (non-hydrogen) atoms. The molecule has 0 aromatic heterocycles. The molecule has 0 spiro atoms. The first-order valence-corrected chi connectivity index (χ1v) is 16.2. The lowest BCUT2D eigenvalue weighted by atomic mass is 9.95. The van der Waals surface area contributed by atoms with E-state index in [0.29, 0.717) is 0 Å². The number of hydrogen-bond acceptors (Lipinski definition) is 6. The summed E-state index contributed by atoms with van der Waals surface area (Å²) in [5.41, 5.74) is 43.3. The van der Waals surface area contributed by atoms with Crippen LogP contribution >= 0.6 is 0 Å². The van der Waals surface area contributed by atoms with E-state index in [2.05, 4.69) is 0 Å². The molecule has 0 aliphatic heterocycles. The molecule has 0 heterocycles. The first kappa shape index (κ1) is 35.9. The lowest BCUT2D eigenvalue weighted by molar-refractivity contribution is 0.574. The van der Waals surface area contributed by atoms with Gasteiger partial charge in [-0.15, -0.1) is 0 Å². The zero-order valence-electron chi connectivity index (χ0n) is 27.2. The summed E-state index contributed by atoms with van der Waals surface area (Å²) in [5.74, 6) is 0. The van der Waals surface area contributed by atoms with Gasteiger partial charge >= 0.3 is 0 Å². The standard InChI is InChI=1S/3C14H16N2/c3*15-13(11-7-3-1-4-8-11)14(16)12-9-5-2-6-10-12/h3*1-10,13-14H,15-16H2/t13-,14+;2*13-,14-/m.10/s1. The number of hydrogen-bond donors (Lipinski definition) is 6. The van der Waals surface area contributed by atoms with Crippen LogP contribution in [0.5, 0.6) is 0 Å². The van der Waals surface area contributed by atoms with Crippen LogP contribution in [0.15, 0.2) is 182 Å². The average molecular weight is 637 g/mol. The molecule has 12 N–H and O–H groups in total. The highest BCUT2D eigenvalue weighted by atomic mass is 14.8. The maximum Gasteiger partial charge on any atom is 0.0491 e. The van der Waals surface area contributed by atoms with Crippen molar-refractivity contribution >= 4 is 0 Å². The van der Waals surface area contributed by atoms with Crippen molar-refractivity contribution in [1.82, 2.24) is 0 Å². The van der Waals surface area contributed by atoms with Gasteiger partial charge in [0.25, 0.3) is 0 Å². The summed E-state index contributed by atoms with van der Waals surface area (Å²) >= 11 is 0. The van der Waals surface area contributed by atoms with Crippen molar-refractivity contribution in [1.29, 1.82) is 0 Å². The third kappa shape index (κ3) is 10.6. The van der Waals surface area contributed by atoms with Crippen LogP contribution in [0.4, 0.5) is 0 Å². The first-order valence-electron chi connectivity index (χ1n) is 16.2. The van der Waals surface area contributed by atoms with Crippen LogP contribution in [-0.2, 0) is 0 Å². The molecule has 6 heteroatoms. The molecule has 6 aromatic rings. The van der Waals surface area contributed by atoms with Gasteiger partial charge in [-0.1, -0.05) is 182 Å². The molecular formula is C42H48N6. The largest absolute Gasteiger partial charge is 0.322 e. The molecule has 0 aliphatic rings. The molecule has 0 saturated heterocycles. The molecule has 6 aromatic carbocycles. The Bertz CT molecular complexity index is 1350. The summed E-state index contributed by atoms with van der Waals surface area (Å²) in [5, 5.41) is 0. The van der Waals surface area contributed by atoms with Crippen LogP contribution in [0.2, 0.25) is 0 Å². The third-order valence-electron chi connectivity index (χ3n) is 8.27. The average Bonchev–Trinajstić information content (AvgIpc) is 3.18. The Morgan fingerprint density at radius 3 is 0.396 bits per heavy atom. The molecule has 0 aliphatic carbocycles. The quantitative estimate of drug-likeness (QED) is 0.0989. The molecule has 0 radical (unpaired) electrons. The summed E-state index contributed by atoms with van der Waals surface area (Å²) in [6, 6.07) is 58.7. The van der Waals surface area contributed by atoms with E-state index in [-0.39, 0.29) is 36.3 Å². The maximum atomic E-state index is 6.15. The van der Waals surface area contributed by atoms with Crippen LogP contribution in [0.3, 0.4) is 0 Å². The highest BCUT2D eigenvalue weighted by Gasteiger charge is 2.18. The predicted octanol–water partition coefficient (Wildman–Crippen LogP) is 7.16. The fourth-order valence-corrected chi connectivity index (χ4v) is 5.30. The summed E-state index contributed by atoms with van der Waals surface area (Å²) in [7, 11) is 0. The molecule has 6 atom stereocenters. The minimum atomic E-state index is -0.163. The molecule has 0 saturated carbocycles. The Kier molecular flexibility index (Phi) is 14.2. The Morgan fingerprint density at radius 2 is 0.292 bits per heavy atom. The second-order valence-electron chi connectivity index (χ2n) is 11.6. The predicted molar refractivity (Wildman–Crippen MR) is 200 cm³/mol. The minimum Gasteiger partial charge on any atom is -0.322 e. The molecule has 6 nitrogen and oxygen atoms in total. The van der Waals surface area contributed by atoms with Gasteiger partial charge in [0.05, 0.1) is 0 Å². The van der Waals surface area contributed by atoms with E-state index in [0.717, 1.165) is 33.4 Å². The highest BCUT2D eigenvalue weighted by Crippen LogP contribution is 2.26. The van der Waals surface area contributed by atoms with Crippen molar-refractivity contribution in [3.8, 4) is 0 Å². The van der Waals surface area contributed by atoms with Gasteiger partial charge in [-0.2, -0.15) is 0 Å². The van der Waals surface area contributed by atoms with Gasteiger partial charge in [-0.3, -0.25) is 0 Å². The van der Waals surface area contributed by atoms with Gasteiger partial charge < -0.3 is 34.4 Å². The SMILES string of the molecule is N[C@@H](c1ccccc1)[C@@H](N)c1ccccc1.N[C@H](c1ccccc1)[C@@H](N)c1ccccc1.N[C@H](c1ccccc1)[C@H](N)c1ccccc1. The van der Waals surface area contributed by atoms with Crippen LogP contribution < -0.4 is 34.4 Å². The Hall–Kier alpha value is -4.92. The monoisotopic (exact) mass is 636 g/mol. The maximum absolute atomic E-state index is 6.15. The van der Waals surface area contributed by atoms with Crippen molar-refractivity contribution in [2.75, 3.05) is 0 Å². The molecule has 246 valence electrons. The van der Waals surface area contributed by atoms with E-state index in [1.165, 1.54) is 0 Å². The summed E-state index contributed by atoms with van der Waals surface area (Å²) in [4.78, 5) is 0. The van der Waals surface area contributed by atoms with E-state index in [9.17, 15) is 0 Å². The van der Waals surface area contributed by atoms with Crippen LogP contribution in [-0.4, -0.2) is 0 Å². The molecule has 6 rings (SSSR count). The zero-order chi connectivity index (χ0) is 34.1. The molecule has 0 unspecified atom stereocenters. The third-order valence-corrected chi connectivity index (χ3v) is 8.27. The summed E-state index contributed by atoms with van der Waals surface area (Å²) < 4.78 is 0. The van der Waals surface area contributed by atoms with Gasteiger partial charge in [-0.25, -0.2) is 0 Å².